The second-order valence-electron chi connectivity index (χ2n) is 9.47. The summed E-state index contributed by atoms with van der Waals surface area (Å²) in [4.78, 5) is 39.5. The number of ether oxygens (including phenoxy) is 1. The molecule has 2 N–H and O–H groups in total. The van der Waals surface area contributed by atoms with Crippen LogP contribution in [-0.2, 0) is 9.53 Å². The number of hydrogen-bond acceptors (Lipinski definition) is 4. The molecule has 178 valence electrons. The lowest BCUT2D eigenvalue weighted by Gasteiger charge is -2.37. The van der Waals surface area contributed by atoms with E-state index in [4.69, 9.17) is 4.74 Å². The lowest BCUT2D eigenvalue weighted by molar-refractivity contribution is -0.122. The summed E-state index contributed by atoms with van der Waals surface area (Å²) in [6.45, 7) is 0.0982. The fraction of sp³-hybridized carbons (Fsp3) is 0.423. The number of nitrogens with zero attached hydrogens (tertiary/aromatic N) is 2. The smallest absolute Gasteiger partial charge is 0.409 e. The number of benzene rings is 2. The number of carbonyl (C=O) groups excluding carboxylic acids is 2. The van der Waals surface area contributed by atoms with Crippen LogP contribution in [0.2, 0.25) is 0 Å². The van der Waals surface area contributed by atoms with E-state index in [1.165, 1.54) is 9.80 Å². The summed E-state index contributed by atoms with van der Waals surface area (Å²) < 4.78 is 5.61. The summed E-state index contributed by atoms with van der Waals surface area (Å²) in [6, 6.07) is 16.1. The van der Waals surface area contributed by atoms with E-state index in [0.29, 0.717) is 12.8 Å². The Hall–Kier alpha value is -3.55. The highest BCUT2D eigenvalue weighted by atomic mass is 16.6. The number of carbonyl (C=O) groups is 3. The van der Waals surface area contributed by atoms with Crippen molar-refractivity contribution in [2.24, 2.45) is 0 Å². The maximum Gasteiger partial charge on any atom is 0.409 e. The van der Waals surface area contributed by atoms with Crippen LogP contribution in [0.5, 0.6) is 0 Å². The van der Waals surface area contributed by atoms with Crippen molar-refractivity contribution in [3.05, 3.63) is 59.7 Å². The van der Waals surface area contributed by atoms with Crippen LogP contribution in [0, 0.1) is 0 Å². The minimum atomic E-state index is -0.882. The summed E-state index contributed by atoms with van der Waals surface area (Å²) >= 11 is 0. The van der Waals surface area contributed by atoms with Crippen molar-refractivity contribution < 1.29 is 24.2 Å². The maximum atomic E-state index is 12.6. The van der Waals surface area contributed by atoms with Crippen molar-refractivity contribution >= 4 is 18.1 Å². The van der Waals surface area contributed by atoms with E-state index in [1.54, 1.807) is 7.05 Å². The molecule has 34 heavy (non-hydrogen) atoms. The lowest BCUT2D eigenvalue weighted by atomic mass is 9.98. The highest BCUT2D eigenvalue weighted by molar-refractivity contribution is 5.83. The predicted molar refractivity (Wildman–Crippen MR) is 126 cm³/mol. The van der Waals surface area contributed by atoms with Gasteiger partial charge in [-0.25, -0.2) is 9.59 Å². The summed E-state index contributed by atoms with van der Waals surface area (Å²) in [5, 5.41) is 12.4. The molecule has 2 aliphatic heterocycles. The SMILES string of the molecule is CN(CC(=O)NC1C[C@H]2CC[C@@H](C1)N2C(=O)O)C(=O)OCC1c2ccccc2-c2ccccc21. The number of amides is 3. The first kappa shape index (κ1) is 22.3. The van der Waals surface area contributed by atoms with Crippen LogP contribution in [0.1, 0.15) is 42.7 Å². The number of nitrogens with one attached hydrogen (secondary N) is 1. The van der Waals surface area contributed by atoms with Crippen LogP contribution in [0.3, 0.4) is 0 Å². The molecular formula is C26H29N3O5. The molecule has 0 radical (unpaired) electrons. The van der Waals surface area contributed by atoms with Crippen molar-refractivity contribution in [3.63, 3.8) is 0 Å². The Kier molecular flexibility index (Phi) is 5.89. The van der Waals surface area contributed by atoms with Gasteiger partial charge >= 0.3 is 12.2 Å². The molecule has 8 nitrogen and oxygen atoms in total. The molecule has 1 unspecified atom stereocenters. The molecular weight excluding hydrogens is 434 g/mol. The maximum absolute atomic E-state index is 12.6. The number of carboxylic acid groups (broad SMARTS) is 1. The molecule has 3 atom stereocenters. The van der Waals surface area contributed by atoms with Gasteiger partial charge in [0.1, 0.15) is 13.2 Å². The van der Waals surface area contributed by atoms with E-state index in [1.807, 2.05) is 24.3 Å². The van der Waals surface area contributed by atoms with Crippen LogP contribution in [0.15, 0.2) is 48.5 Å². The first-order chi connectivity index (χ1) is 16.4. The summed E-state index contributed by atoms with van der Waals surface area (Å²) in [6.07, 6.45) is 1.48. The van der Waals surface area contributed by atoms with Crippen LogP contribution in [0.25, 0.3) is 11.1 Å². The zero-order chi connectivity index (χ0) is 23.8. The van der Waals surface area contributed by atoms with Gasteiger partial charge in [-0.3, -0.25) is 4.79 Å². The zero-order valence-corrected chi connectivity index (χ0v) is 19.1. The van der Waals surface area contributed by atoms with Gasteiger partial charge in [-0.15, -0.1) is 0 Å². The van der Waals surface area contributed by atoms with Gasteiger partial charge in [-0.05, 0) is 47.9 Å². The molecule has 2 fully saturated rings. The standard InChI is InChI=1S/C26H29N3O5/c1-28(14-24(30)27-16-12-17-10-11-18(13-16)29(17)25(31)32)26(33)34-15-23-21-8-4-2-6-19(21)20-7-3-5-9-22(20)23/h2-9,16-18,23H,10-15H2,1H3,(H,27,30)(H,31,32)/t16?,17-,18+. The van der Waals surface area contributed by atoms with Gasteiger partial charge in [0.05, 0.1) is 0 Å². The normalized spacial score (nSPS) is 22.6. The van der Waals surface area contributed by atoms with Gasteiger partial charge in [0.25, 0.3) is 0 Å². The average Bonchev–Trinajstić information content (AvgIpc) is 3.29. The Morgan fingerprint density at radius 1 is 1.00 bits per heavy atom. The molecule has 2 saturated heterocycles. The van der Waals surface area contributed by atoms with Crippen LogP contribution >= 0.6 is 0 Å². The van der Waals surface area contributed by atoms with Crippen molar-refractivity contribution in [1.29, 1.82) is 0 Å². The number of rotatable bonds is 5. The Balaban J connectivity index is 1.14. The van der Waals surface area contributed by atoms with Gasteiger partial charge in [0, 0.05) is 31.1 Å². The molecule has 2 bridgehead atoms. The van der Waals surface area contributed by atoms with Crippen molar-refractivity contribution in [2.45, 2.75) is 49.7 Å². The molecule has 5 rings (SSSR count). The topological polar surface area (TPSA) is 99.2 Å². The number of piperidine rings is 1. The molecule has 2 heterocycles. The molecule has 3 amide bonds. The first-order valence-corrected chi connectivity index (χ1v) is 11.8. The highest BCUT2D eigenvalue weighted by Gasteiger charge is 2.43. The molecule has 1 aliphatic carbocycles. The second-order valence-corrected chi connectivity index (χ2v) is 9.47. The zero-order valence-electron chi connectivity index (χ0n) is 19.1. The van der Waals surface area contributed by atoms with Crippen molar-refractivity contribution in [1.82, 2.24) is 15.1 Å². The average molecular weight is 464 g/mol. The molecule has 0 aromatic heterocycles. The second kappa shape index (κ2) is 9.00. The Labute approximate surface area is 198 Å². The largest absolute Gasteiger partial charge is 0.465 e. The number of fused-ring (bicyclic) bond motifs is 5. The van der Waals surface area contributed by atoms with Crippen LogP contribution in [-0.4, -0.2) is 71.3 Å². The van der Waals surface area contributed by atoms with Gasteiger partial charge < -0.3 is 25.0 Å². The molecule has 3 aliphatic rings. The monoisotopic (exact) mass is 463 g/mol. The third-order valence-corrected chi connectivity index (χ3v) is 7.35. The predicted octanol–water partition coefficient (Wildman–Crippen LogP) is 3.66. The van der Waals surface area contributed by atoms with Gasteiger partial charge in [-0.2, -0.15) is 0 Å². The van der Waals surface area contributed by atoms with Crippen molar-refractivity contribution in [2.75, 3.05) is 20.2 Å². The van der Waals surface area contributed by atoms with E-state index in [0.717, 1.165) is 35.1 Å². The highest BCUT2D eigenvalue weighted by Crippen LogP contribution is 2.44. The number of hydrogen-bond donors (Lipinski definition) is 2. The first-order valence-electron chi connectivity index (χ1n) is 11.8. The van der Waals surface area contributed by atoms with Crippen LogP contribution < -0.4 is 5.32 Å². The summed E-state index contributed by atoms with van der Waals surface area (Å²) in [5.41, 5.74) is 4.60. The fourth-order valence-electron chi connectivity index (χ4n) is 5.86. The summed E-state index contributed by atoms with van der Waals surface area (Å²) in [5.74, 6) is -0.294. The molecule has 2 aromatic carbocycles. The molecule has 0 saturated carbocycles. The lowest BCUT2D eigenvalue weighted by Crippen LogP contribution is -2.53. The Bertz CT molecular complexity index is 1060. The molecule has 0 spiro atoms. The minimum absolute atomic E-state index is 0.0338. The van der Waals surface area contributed by atoms with E-state index in [-0.39, 0.29) is 43.1 Å². The van der Waals surface area contributed by atoms with E-state index >= 15 is 0 Å². The number of likely N-dealkylation sites (N-methyl/N-ethyl adjacent to an activating group) is 1. The van der Waals surface area contributed by atoms with E-state index in [9.17, 15) is 19.5 Å². The molecule has 2 aromatic rings. The Morgan fingerprint density at radius 3 is 2.12 bits per heavy atom. The quantitative estimate of drug-likeness (QED) is 0.705. The summed E-state index contributed by atoms with van der Waals surface area (Å²) in [7, 11) is 1.55. The van der Waals surface area contributed by atoms with E-state index in [2.05, 4.69) is 29.6 Å². The third-order valence-electron chi connectivity index (χ3n) is 7.35. The third kappa shape index (κ3) is 4.08. The van der Waals surface area contributed by atoms with Gasteiger partial charge in [0.2, 0.25) is 5.91 Å². The minimum Gasteiger partial charge on any atom is -0.465 e. The van der Waals surface area contributed by atoms with Crippen LogP contribution in [0.4, 0.5) is 9.59 Å². The fourth-order valence-corrected chi connectivity index (χ4v) is 5.86. The van der Waals surface area contributed by atoms with E-state index < -0.39 is 12.2 Å². The molecule has 8 heteroatoms. The van der Waals surface area contributed by atoms with Crippen molar-refractivity contribution in [3.8, 4) is 11.1 Å². The van der Waals surface area contributed by atoms with Gasteiger partial charge in [0.15, 0.2) is 0 Å². The Morgan fingerprint density at radius 2 is 1.56 bits per heavy atom. The van der Waals surface area contributed by atoms with Gasteiger partial charge in [-0.1, -0.05) is 48.5 Å².